The van der Waals surface area contributed by atoms with Gasteiger partial charge < -0.3 is 14.6 Å². The Morgan fingerprint density at radius 3 is 2.69 bits per heavy atom. The van der Waals surface area contributed by atoms with Crippen LogP contribution in [0.5, 0.6) is 0 Å². The molecule has 0 aliphatic heterocycles. The minimum Gasteiger partial charge on any atom is -0.423 e. The molecule has 26 heavy (non-hydrogen) atoms. The number of rotatable bonds is 4. The second-order valence-electron chi connectivity index (χ2n) is 5.56. The number of amides is 1. The lowest BCUT2D eigenvalue weighted by Crippen LogP contribution is -2.30. The van der Waals surface area contributed by atoms with Gasteiger partial charge in [-0.25, -0.2) is 0 Å². The molecule has 3 aromatic rings. The number of fused-ring (bicyclic) bond motifs is 1. The first-order chi connectivity index (χ1) is 12.2. The number of oxazole rings is 1. The van der Waals surface area contributed by atoms with Gasteiger partial charge in [-0.3, -0.25) is 4.79 Å². The Kier molecular flexibility index (Phi) is 4.78. The van der Waals surface area contributed by atoms with Gasteiger partial charge in [-0.15, -0.1) is 0 Å². The number of alkyl halides is 3. The van der Waals surface area contributed by atoms with Crippen LogP contribution in [0.1, 0.15) is 5.56 Å². The van der Waals surface area contributed by atoms with Crippen molar-refractivity contribution in [1.29, 1.82) is 0 Å². The summed E-state index contributed by atoms with van der Waals surface area (Å²) in [5.74, 6) is -0.523. The number of nitrogens with zero attached hydrogens (tertiary/aromatic N) is 2. The number of likely N-dealkylation sites (N-methyl/N-ethyl adjacent to an activating group) is 1. The van der Waals surface area contributed by atoms with Crippen LogP contribution in [0.3, 0.4) is 0 Å². The van der Waals surface area contributed by atoms with Crippen LogP contribution in [0, 0.1) is 0 Å². The van der Waals surface area contributed by atoms with E-state index in [1.807, 2.05) is 0 Å². The minimum absolute atomic E-state index is 0.00214. The van der Waals surface area contributed by atoms with Crippen molar-refractivity contribution in [3.05, 3.63) is 53.1 Å². The summed E-state index contributed by atoms with van der Waals surface area (Å²) in [6, 6.07) is 10.5. The van der Waals surface area contributed by atoms with Gasteiger partial charge in [-0.1, -0.05) is 23.7 Å². The van der Waals surface area contributed by atoms with E-state index in [0.717, 1.165) is 12.1 Å². The summed E-state index contributed by atoms with van der Waals surface area (Å²) >= 11 is 5.56. The molecule has 136 valence electrons. The van der Waals surface area contributed by atoms with E-state index in [1.54, 1.807) is 31.3 Å². The quantitative estimate of drug-likeness (QED) is 0.716. The van der Waals surface area contributed by atoms with Crippen molar-refractivity contribution in [3.63, 3.8) is 0 Å². The largest absolute Gasteiger partial charge is 0.423 e. The van der Waals surface area contributed by atoms with Gasteiger partial charge in [-0.2, -0.15) is 18.2 Å². The van der Waals surface area contributed by atoms with Crippen molar-refractivity contribution in [3.8, 4) is 0 Å². The first-order valence-corrected chi connectivity index (χ1v) is 7.85. The number of halogens is 4. The van der Waals surface area contributed by atoms with E-state index >= 15 is 0 Å². The van der Waals surface area contributed by atoms with Crippen LogP contribution >= 0.6 is 11.6 Å². The van der Waals surface area contributed by atoms with Crippen molar-refractivity contribution >= 4 is 40.3 Å². The normalized spacial score (nSPS) is 11.6. The summed E-state index contributed by atoms with van der Waals surface area (Å²) in [5, 5.41) is 1.98. The summed E-state index contributed by atoms with van der Waals surface area (Å²) < 4.78 is 44.1. The fourth-order valence-electron chi connectivity index (χ4n) is 2.33. The second-order valence-corrected chi connectivity index (χ2v) is 5.97. The van der Waals surface area contributed by atoms with E-state index < -0.39 is 22.7 Å². The molecule has 0 fully saturated rings. The van der Waals surface area contributed by atoms with Crippen molar-refractivity contribution in [2.75, 3.05) is 23.8 Å². The van der Waals surface area contributed by atoms with Crippen molar-refractivity contribution in [2.24, 2.45) is 0 Å². The van der Waals surface area contributed by atoms with Crippen molar-refractivity contribution < 1.29 is 22.4 Å². The summed E-state index contributed by atoms with van der Waals surface area (Å²) in [4.78, 5) is 17.8. The molecule has 1 amide bonds. The SMILES string of the molecule is CN(CC(=O)Nc1ccc(Cl)c(C(F)(F)F)c1)c1nc2ccccc2o1. The predicted octanol–water partition coefficient (Wildman–Crippen LogP) is 4.57. The zero-order chi connectivity index (χ0) is 18.9. The topological polar surface area (TPSA) is 58.4 Å². The number of benzene rings is 2. The molecule has 1 N–H and O–H groups in total. The highest BCUT2D eigenvalue weighted by molar-refractivity contribution is 6.31. The van der Waals surface area contributed by atoms with E-state index in [4.69, 9.17) is 16.0 Å². The van der Waals surface area contributed by atoms with Crippen LogP contribution in [0.4, 0.5) is 24.9 Å². The second kappa shape index (κ2) is 6.87. The van der Waals surface area contributed by atoms with Crippen LogP contribution in [-0.2, 0) is 11.0 Å². The monoisotopic (exact) mass is 383 g/mol. The van der Waals surface area contributed by atoms with Gasteiger partial charge in [0.15, 0.2) is 5.58 Å². The third-order valence-electron chi connectivity index (χ3n) is 3.55. The molecule has 5 nitrogen and oxygen atoms in total. The summed E-state index contributed by atoms with van der Waals surface area (Å²) in [6.07, 6.45) is -4.60. The summed E-state index contributed by atoms with van der Waals surface area (Å²) in [5.41, 5.74) is 0.200. The molecule has 1 aromatic heterocycles. The molecule has 0 unspecified atom stereocenters. The maximum absolute atomic E-state index is 12.9. The molecule has 0 aliphatic carbocycles. The number of carbonyl (C=O) groups excluding carboxylic acids is 1. The number of nitrogens with one attached hydrogen (secondary N) is 1. The Morgan fingerprint density at radius 1 is 1.27 bits per heavy atom. The van der Waals surface area contributed by atoms with Crippen LogP contribution in [0.2, 0.25) is 5.02 Å². The molecule has 3 rings (SSSR count). The fourth-order valence-corrected chi connectivity index (χ4v) is 2.55. The highest BCUT2D eigenvalue weighted by Crippen LogP contribution is 2.36. The highest BCUT2D eigenvalue weighted by Gasteiger charge is 2.33. The maximum Gasteiger partial charge on any atom is 0.417 e. The minimum atomic E-state index is -4.60. The Labute approximate surface area is 151 Å². The summed E-state index contributed by atoms with van der Waals surface area (Å²) in [6.45, 7) is -0.156. The Morgan fingerprint density at radius 2 is 2.00 bits per heavy atom. The first-order valence-electron chi connectivity index (χ1n) is 7.47. The maximum atomic E-state index is 12.9. The number of carbonyl (C=O) groups is 1. The number of aromatic nitrogens is 1. The molecule has 0 spiro atoms. The van der Waals surface area contributed by atoms with Gasteiger partial charge in [0, 0.05) is 12.7 Å². The fraction of sp³-hybridized carbons (Fsp3) is 0.176. The van der Waals surface area contributed by atoms with E-state index in [9.17, 15) is 18.0 Å². The molecule has 1 heterocycles. The summed E-state index contributed by atoms with van der Waals surface area (Å²) in [7, 11) is 1.59. The number of para-hydroxylation sites is 2. The third kappa shape index (κ3) is 3.91. The third-order valence-corrected chi connectivity index (χ3v) is 3.88. The predicted molar refractivity (Wildman–Crippen MR) is 92.4 cm³/mol. The van der Waals surface area contributed by atoms with Crippen LogP contribution in [-0.4, -0.2) is 24.5 Å². The Hall–Kier alpha value is -2.74. The standard InChI is InChI=1S/C17H13ClF3N3O2/c1-24(16-23-13-4-2-3-5-14(13)26-16)9-15(25)22-10-6-7-12(18)11(8-10)17(19,20)21/h2-8H,9H2,1H3,(H,22,25). The number of hydrogen-bond donors (Lipinski definition) is 1. The van der Waals surface area contributed by atoms with Crippen LogP contribution in [0.25, 0.3) is 11.1 Å². The Balaban J connectivity index is 1.70. The van der Waals surface area contributed by atoms with Crippen molar-refractivity contribution in [2.45, 2.75) is 6.18 Å². The molecular weight excluding hydrogens is 371 g/mol. The number of anilines is 2. The van der Waals surface area contributed by atoms with Gasteiger partial charge in [-0.05, 0) is 30.3 Å². The van der Waals surface area contributed by atoms with Crippen LogP contribution in [0.15, 0.2) is 46.9 Å². The lowest BCUT2D eigenvalue weighted by Gasteiger charge is -2.15. The highest BCUT2D eigenvalue weighted by atomic mass is 35.5. The van der Waals surface area contributed by atoms with Gasteiger partial charge >= 0.3 is 6.18 Å². The zero-order valence-electron chi connectivity index (χ0n) is 13.5. The molecule has 0 atom stereocenters. The average Bonchev–Trinajstić information content (AvgIpc) is 2.99. The van der Waals surface area contributed by atoms with E-state index in [-0.39, 0.29) is 18.2 Å². The molecule has 0 radical (unpaired) electrons. The molecule has 2 aromatic carbocycles. The molecule has 9 heteroatoms. The molecule has 0 aliphatic rings. The van der Waals surface area contributed by atoms with Gasteiger partial charge in [0.25, 0.3) is 6.01 Å². The molecule has 0 saturated carbocycles. The zero-order valence-corrected chi connectivity index (χ0v) is 14.2. The van der Waals surface area contributed by atoms with Crippen molar-refractivity contribution in [1.82, 2.24) is 4.98 Å². The van der Waals surface area contributed by atoms with E-state index in [2.05, 4.69) is 10.3 Å². The smallest absolute Gasteiger partial charge is 0.417 e. The molecular formula is C17H13ClF3N3O2. The lowest BCUT2D eigenvalue weighted by molar-refractivity contribution is -0.137. The van der Waals surface area contributed by atoms with Gasteiger partial charge in [0.2, 0.25) is 5.91 Å². The number of hydrogen-bond acceptors (Lipinski definition) is 4. The van der Waals surface area contributed by atoms with Gasteiger partial charge in [0.05, 0.1) is 10.6 Å². The van der Waals surface area contributed by atoms with E-state index in [1.165, 1.54) is 11.0 Å². The lowest BCUT2D eigenvalue weighted by atomic mass is 10.2. The van der Waals surface area contributed by atoms with Crippen LogP contribution < -0.4 is 10.2 Å². The average molecular weight is 384 g/mol. The van der Waals surface area contributed by atoms with E-state index in [0.29, 0.717) is 11.1 Å². The van der Waals surface area contributed by atoms with Gasteiger partial charge in [0.1, 0.15) is 12.1 Å². The Bertz CT molecular complexity index is 923. The molecule has 0 bridgehead atoms. The molecule has 0 saturated heterocycles. The first kappa shape index (κ1) is 18.1.